The number of nitrogens with two attached hydrogens (primary N) is 1. The first-order valence-electron chi connectivity index (χ1n) is 7.33. The van der Waals surface area contributed by atoms with Gasteiger partial charge in [0.1, 0.15) is 0 Å². The minimum atomic E-state index is -0.594. The lowest BCUT2D eigenvalue weighted by atomic mass is 10.1. The average molecular weight is 315 g/mol. The second kappa shape index (κ2) is 8.34. The van der Waals surface area contributed by atoms with Crippen molar-refractivity contribution >= 4 is 30.2 Å². The molecule has 4 nitrogen and oxygen atoms in total. The van der Waals surface area contributed by atoms with Gasteiger partial charge in [-0.25, -0.2) is 9.10 Å². The molecule has 0 spiro atoms. The molecule has 116 valence electrons. The molecule has 0 heterocycles. The van der Waals surface area contributed by atoms with E-state index in [1.54, 1.807) is 6.07 Å². The van der Waals surface area contributed by atoms with Crippen molar-refractivity contribution in [3.63, 3.8) is 0 Å². The van der Waals surface area contributed by atoms with Gasteiger partial charge in [0.25, 0.3) is 0 Å². The van der Waals surface area contributed by atoms with Crippen molar-refractivity contribution in [1.82, 2.24) is 0 Å². The van der Waals surface area contributed by atoms with E-state index >= 15 is 0 Å². The molecule has 0 unspecified atom stereocenters. The highest BCUT2D eigenvalue weighted by Gasteiger charge is 2.07. The molecule has 22 heavy (non-hydrogen) atoms. The highest BCUT2D eigenvalue weighted by atomic mass is 32.1. The molecule has 0 bridgehead atoms. The fourth-order valence-corrected chi connectivity index (χ4v) is 2.33. The minimum Gasteiger partial charge on any atom is -0.385 e. The molecule has 0 atom stereocenters. The van der Waals surface area contributed by atoms with Gasteiger partial charge in [-0.05, 0) is 43.0 Å². The molecular weight excluding hydrogens is 294 g/mol. The Bertz CT molecular complexity index is 604. The molecule has 0 aliphatic carbocycles. The van der Waals surface area contributed by atoms with Gasteiger partial charge in [-0.15, -0.1) is 0 Å². The zero-order chi connectivity index (χ0) is 15.8. The molecule has 2 aromatic carbocycles. The van der Waals surface area contributed by atoms with E-state index in [0.717, 1.165) is 35.8 Å². The molecule has 0 fully saturated rings. The van der Waals surface area contributed by atoms with E-state index in [9.17, 15) is 4.79 Å². The van der Waals surface area contributed by atoms with Gasteiger partial charge >= 0.3 is 6.03 Å². The second-order valence-corrected chi connectivity index (χ2v) is 5.47. The monoisotopic (exact) mass is 315 g/mol. The number of rotatable bonds is 7. The molecule has 3 N–H and O–H groups in total. The van der Waals surface area contributed by atoms with Crippen molar-refractivity contribution in [3.8, 4) is 0 Å². The molecule has 2 rings (SSSR count). The van der Waals surface area contributed by atoms with Crippen molar-refractivity contribution in [1.29, 1.82) is 0 Å². The average Bonchev–Trinajstić information content (AvgIpc) is 2.55. The van der Waals surface area contributed by atoms with Crippen LogP contribution in [0.4, 0.5) is 16.2 Å². The lowest BCUT2D eigenvalue weighted by Crippen LogP contribution is -2.27. The normalized spacial score (nSPS) is 10.2. The summed E-state index contributed by atoms with van der Waals surface area (Å²) in [7, 11) is 0. The van der Waals surface area contributed by atoms with E-state index in [2.05, 4.69) is 42.4 Å². The van der Waals surface area contributed by atoms with Crippen LogP contribution in [0.2, 0.25) is 0 Å². The van der Waals surface area contributed by atoms with Crippen molar-refractivity contribution in [2.45, 2.75) is 19.3 Å². The number of urea groups is 1. The Morgan fingerprint density at radius 3 is 2.59 bits per heavy atom. The van der Waals surface area contributed by atoms with E-state index in [4.69, 9.17) is 5.73 Å². The standard InChI is InChI=1S/C17H21N3OS/c18-17(21)20(22)16-11-6-10-15(13-16)19-12-5-4-9-14-7-2-1-3-8-14/h1-3,6-8,10-11,13,19,22H,4-5,9,12H2,(H2,18,21). The summed E-state index contributed by atoms with van der Waals surface area (Å²) in [5.74, 6) is 0. The van der Waals surface area contributed by atoms with Crippen LogP contribution >= 0.6 is 12.8 Å². The fraction of sp³-hybridized carbons (Fsp3) is 0.235. The van der Waals surface area contributed by atoms with E-state index in [1.807, 2.05) is 24.3 Å². The molecule has 2 aromatic rings. The number of hydrogen-bond donors (Lipinski definition) is 3. The van der Waals surface area contributed by atoms with Crippen LogP contribution < -0.4 is 15.4 Å². The molecule has 0 saturated heterocycles. The van der Waals surface area contributed by atoms with Crippen LogP contribution in [0.3, 0.4) is 0 Å². The summed E-state index contributed by atoms with van der Waals surface area (Å²) in [4.78, 5) is 11.1. The SMILES string of the molecule is NC(=O)N(S)c1cccc(NCCCCc2ccccc2)c1. The first kappa shape index (κ1) is 16.2. The summed E-state index contributed by atoms with van der Waals surface area (Å²) >= 11 is 4.06. The number of carbonyl (C=O) groups excluding carboxylic acids is 1. The van der Waals surface area contributed by atoms with Crippen LogP contribution in [0.25, 0.3) is 0 Å². The van der Waals surface area contributed by atoms with Crippen LogP contribution in [0.5, 0.6) is 0 Å². The predicted octanol–water partition coefficient (Wildman–Crippen LogP) is 3.85. The Balaban J connectivity index is 1.75. The number of hydrogen-bond acceptors (Lipinski definition) is 3. The van der Waals surface area contributed by atoms with Crippen molar-refractivity contribution in [3.05, 3.63) is 60.2 Å². The van der Waals surface area contributed by atoms with Gasteiger partial charge in [0.15, 0.2) is 0 Å². The molecule has 0 aromatic heterocycles. The van der Waals surface area contributed by atoms with Gasteiger partial charge < -0.3 is 11.1 Å². The first-order chi connectivity index (χ1) is 10.7. The van der Waals surface area contributed by atoms with Gasteiger partial charge in [0.2, 0.25) is 0 Å². The Kier molecular flexibility index (Phi) is 6.15. The Morgan fingerprint density at radius 1 is 1.09 bits per heavy atom. The first-order valence-corrected chi connectivity index (χ1v) is 7.73. The quantitative estimate of drug-likeness (QED) is 0.537. The summed E-state index contributed by atoms with van der Waals surface area (Å²) in [6.07, 6.45) is 3.31. The molecule has 0 aliphatic heterocycles. The van der Waals surface area contributed by atoms with Crippen LogP contribution in [0.15, 0.2) is 54.6 Å². The smallest absolute Gasteiger partial charge is 0.329 e. The number of anilines is 2. The number of amides is 2. The summed E-state index contributed by atoms with van der Waals surface area (Å²) in [6, 6.07) is 17.4. The van der Waals surface area contributed by atoms with Crippen LogP contribution in [0, 0.1) is 0 Å². The number of thiol groups is 1. The molecule has 0 saturated carbocycles. The van der Waals surface area contributed by atoms with Gasteiger partial charge in [-0.1, -0.05) is 49.2 Å². The zero-order valence-electron chi connectivity index (χ0n) is 12.4. The van der Waals surface area contributed by atoms with Crippen LogP contribution in [-0.2, 0) is 6.42 Å². The van der Waals surface area contributed by atoms with Gasteiger partial charge in [0, 0.05) is 12.2 Å². The number of unbranched alkanes of at least 4 members (excludes halogenated alkanes) is 1. The highest BCUT2D eigenvalue weighted by Crippen LogP contribution is 2.20. The summed E-state index contributed by atoms with van der Waals surface area (Å²) in [6.45, 7) is 0.888. The molecule has 0 radical (unpaired) electrons. The summed E-state index contributed by atoms with van der Waals surface area (Å²) in [5, 5.41) is 3.35. The number of benzene rings is 2. The zero-order valence-corrected chi connectivity index (χ0v) is 13.3. The fourth-order valence-electron chi connectivity index (χ4n) is 2.21. The Labute approximate surface area is 136 Å². The van der Waals surface area contributed by atoms with Crippen LogP contribution in [-0.4, -0.2) is 12.6 Å². The molecular formula is C17H21N3OS. The summed E-state index contributed by atoms with van der Waals surface area (Å²) in [5.41, 5.74) is 8.19. The Morgan fingerprint density at radius 2 is 1.86 bits per heavy atom. The molecule has 5 heteroatoms. The van der Waals surface area contributed by atoms with E-state index in [1.165, 1.54) is 5.56 Å². The Hall–Kier alpha value is -2.14. The van der Waals surface area contributed by atoms with Crippen molar-refractivity contribution < 1.29 is 4.79 Å². The number of carbonyl (C=O) groups is 1. The molecule has 2 amide bonds. The van der Waals surface area contributed by atoms with Gasteiger partial charge in [-0.2, -0.15) is 0 Å². The number of nitrogens with one attached hydrogen (secondary N) is 1. The van der Waals surface area contributed by atoms with Gasteiger partial charge in [-0.3, -0.25) is 0 Å². The number of nitrogens with zero attached hydrogens (tertiary/aromatic N) is 1. The van der Waals surface area contributed by atoms with Crippen molar-refractivity contribution in [2.75, 3.05) is 16.2 Å². The predicted molar refractivity (Wildman–Crippen MR) is 95.4 cm³/mol. The molecule has 0 aliphatic rings. The third kappa shape index (κ3) is 5.00. The van der Waals surface area contributed by atoms with Crippen molar-refractivity contribution in [2.24, 2.45) is 5.73 Å². The van der Waals surface area contributed by atoms with Crippen LogP contribution in [0.1, 0.15) is 18.4 Å². The third-order valence-corrected chi connectivity index (χ3v) is 3.79. The maximum atomic E-state index is 11.1. The maximum absolute atomic E-state index is 11.1. The maximum Gasteiger partial charge on any atom is 0.329 e. The number of aryl methyl sites for hydroxylation is 1. The number of primary amides is 1. The lowest BCUT2D eigenvalue weighted by molar-refractivity contribution is 0.257. The largest absolute Gasteiger partial charge is 0.385 e. The van der Waals surface area contributed by atoms with E-state index < -0.39 is 6.03 Å². The van der Waals surface area contributed by atoms with E-state index in [0.29, 0.717) is 5.69 Å². The third-order valence-electron chi connectivity index (χ3n) is 3.36. The summed E-state index contributed by atoms with van der Waals surface area (Å²) < 4.78 is 1.13. The van der Waals surface area contributed by atoms with Gasteiger partial charge in [0.05, 0.1) is 5.69 Å². The highest BCUT2D eigenvalue weighted by molar-refractivity contribution is 7.82. The van der Waals surface area contributed by atoms with E-state index in [-0.39, 0.29) is 0 Å². The topological polar surface area (TPSA) is 58.4 Å². The second-order valence-electron chi connectivity index (χ2n) is 5.07. The lowest BCUT2D eigenvalue weighted by Gasteiger charge is -2.14. The minimum absolute atomic E-state index is 0.594.